The molecule has 7 heteroatoms. The molecule has 0 spiro atoms. The minimum absolute atomic E-state index is 0.325. The lowest BCUT2D eigenvalue weighted by atomic mass is 10.3. The van der Waals surface area contributed by atoms with Gasteiger partial charge in [-0.1, -0.05) is 22.0 Å². The Hall–Kier alpha value is -1.89. The molecule has 3 N–H and O–H groups in total. The van der Waals surface area contributed by atoms with E-state index in [0.29, 0.717) is 31.6 Å². The van der Waals surface area contributed by atoms with Gasteiger partial charge in [0.2, 0.25) is 6.41 Å². The number of nitrogens with one attached hydrogen (secondary N) is 3. The fraction of sp³-hybridized carbons (Fsp3) is 0.250. The van der Waals surface area contributed by atoms with Gasteiger partial charge in [0, 0.05) is 23.2 Å². The Morgan fingerprint density at radius 3 is 2.68 bits per heavy atom. The summed E-state index contributed by atoms with van der Waals surface area (Å²) in [6.07, 6.45) is 1.15. The predicted octanol–water partition coefficient (Wildman–Crippen LogP) is 0.640. The first-order valence-corrected chi connectivity index (χ1v) is 6.44. The summed E-state index contributed by atoms with van der Waals surface area (Å²) in [5, 5.41) is 7.40. The second-order valence-corrected chi connectivity index (χ2v) is 4.56. The van der Waals surface area contributed by atoms with Crippen molar-refractivity contribution >= 4 is 39.8 Å². The molecule has 0 fully saturated rings. The quantitative estimate of drug-likeness (QED) is 0.407. The van der Waals surface area contributed by atoms with Gasteiger partial charge >= 0.3 is 11.8 Å². The Bertz CT molecular complexity index is 465. The Labute approximate surface area is 119 Å². The molecule has 3 amide bonds. The van der Waals surface area contributed by atoms with Crippen LogP contribution in [0.4, 0.5) is 5.69 Å². The van der Waals surface area contributed by atoms with Gasteiger partial charge in [0.1, 0.15) is 0 Å². The first-order chi connectivity index (χ1) is 9.13. The first-order valence-electron chi connectivity index (χ1n) is 5.65. The molecule has 19 heavy (non-hydrogen) atoms. The highest BCUT2D eigenvalue weighted by Gasteiger charge is 2.12. The second-order valence-electron chi connectivity index (χ2n) is 3.65. The summed E-state index contributed by atoms with van der Waals surface area (Å²) in [6.45, 7) is 0.780. The van der Waals surface area contributed by atoms with Crippen LogP contribution in [0, 0.1) is 0 Å². The SMILES string of the molecule is O=CNCCCNC(=O)C(=O)Nc1cccc(Br)c1. The molecule has 1 aromatic carbocycles. The van der Waals surface area contributed by atoms with E-state index in [9.17, 15) is 14.4 Å². The van der Waals surface area contributed by atoms with Crippen LogP contribution < -0.4 is 16.0 Å². The summed E-state index contributed by atoms with van der Waals surface area (Å²) < 4.78 is 0.811. The molecule has 0 aliphatic heterocycles. The van der Waals surface area contributed by atoms with E-state index in [1.54, 1.807) is 18.2 Å². The van der Waals surface area contributed by atoms with E-state index in [2.05, 4.69) is 31.9 Å². The van der Waals surface area contributed by atoms with Gasteiger partial charge in [-0.3, -0.25) is 14.4 Å². The molecular weight excluding hydrogens is 314 g/mol. The summed E-state index contributed by atoms with van der Waals surface area (Å²) in [6, 6.07) is 6.95. The number of amides is 3. The fourth-order valence-electron chi connectivity index (χ4n) is 1.29. The molecule has 0 radical (unpaired) electrons. The van der Waals surface area contributed by atoms with Crippen molar-refractivity contribution in [2.24, 2.45) is 0 Å². The zero-order valence-corrected chi connectivity index (χ0v) is 11.7. The maximum Gasteiger partial charge on any atom is 0.313 e. The summed E-state index contributed by atoms with van der Waals surface area (Å²) in [5.41, 5.74) is 0.539. The van der Waals surface area contributed by atoms with Crippen molar-refractivity contribution in [1.29, 1.82) is 0 Å². The van der Waals surface area contributed by atoms with Crippen LogP contribution in [0.3, 0.4) is 0 Å². The van der Waals surface area contributed by atoms with E-state index in [1.807, 2.05) is 6.07 Å². The number of anilines is 1. The largest absolute Gasteiger partial charge is 0.359 e. The van der Waals surface area contributed by atoms with E-state index in [4.69, 9.17) is 0 Å². The number of halogens is 1. The maximum atomic E-state index is 11.5. The Morgan fingerprint density at radius 1 is 1.21 bits per heavy atom. The summed E-state index contributed by atoms with van der Waals surface area (Å²) >= 11 is 3.27. The molecule has 0 saturated heterocycles. The van der Waals surface area contributed by atoms with E-state index in [0.717, 1.165) is 4.47 Å². The van der Waals surface area contributed by atoms with Crippen LogP contribution in [0.1, 0.15) is 6.42 Å². The predicted molar refractivity (Wildman–Crippen MR) is 74.5 cm³/mol. The van der Waals surface area contributed by atoms with Gasteiger partial charge in [-0.15, -0.1) is 0 Å². The van der Waals surface area contributed by atoms with Crippen molar-refractivity contribution in [3.8, 4) is 0 Å². The molecule has 0 bridgehead atoms. The monoisotopic (exact) mass is 327 g/mol. The van der Waals surface area contributed by atoms with Crippen LogP contribution >= 0.6 is 15.9 Å². The minimum Gasteiger partial charge on any atom is -0.359 e. The molecule has 0 atom stereocenters. The van der Waals surface area contributed by atoms with Crippen LogP contribution in [0.25, 0.3) is 0 Å². The van der Waals surface area contributed by atoms with Crippen LogP contribution in [0.15, 0.2) is 28.7 Å². The van der Waals surface area contributed by atoms with Crippen LogP contribution in [-0.4, -0.2) is 31.3 Å². The lowest BCUT2D eigenvalue weighted by Gasteiger charge is -2.06. The molecular formula is C12H14BrN3O3. The van der Waals surface area contributed by atoms with Crippen molar-refractivity contribution in [2.45, 2.75) is 6.42 Å². The van der Waals surface area contributed by atoms with Gasteiger partial charge in [0.05, 0.1) is 0 Å². The summed E-state index contributed by atoms with van der Waals surface area (Å²) in [7, 11) is 0. The average Bonchev–Trinajstić information content (AvgIpc) is 2.38. The van der Waals surface area contributed by atoms with Gasteiger partial charge < -0.3 is 16.0 Å². The molecule has 0 unspecified atom stereocenters. The zero-order chi connectivity index (χ0) is 14.1. The third-order valence-corrected chi connectivity index (χ3v) is 2.65. The molecule has 1 aromatic rings. The molecule has 102 valence electrons. The summed E-state index contributed by atoms with van der Waals surface area (Å²) in [4.78, 5) is 32.9. The lowest BCUT2D eigenvalue weighted by Crippen LogP contribution is -2.36. The first kappa shape index (κ1) is 15.2. The molecule has 0 heterocycles. The average molecular weight is 328 g/mol. The Balaban J connectivity index is 2.32. The fourth-order valence-corrected chi connectivity index (χ4v) is 1.68. The zero-order valence-electron chi connectivity index (χ0n) is 10.1. The second kappa shape index (κ2) is 8.25. The van der Waals surface area contributed by atoms with Crippen LogP contribution in [-0.2, 0) is 14.4 Å². The third kappa shape index (κ3) is 6.01. The number of benzene rings is 1. The maximum absolute atomic E-state index is 11.5. The van der Waals surface area contributed by atoms with Gasteiger partial charge in [0.25, 0.3) is 0 Å². The lowest BCUT2D eigenvalue weighted by molar-refractivity contribution is -0.136. The molecule has 6 nitrogen and oxygen atoms in total. The smallest absolute Gasteiger partial charge is 0.313 e. The van der Waals surface area contributed by atoms with E-state index in [1.165, 1.54) is 0 Å². The number of carbonyl (C=O) groups is 3. The van der Waals surface area contributed by atoms with Crippen molar-refractivity contribution in [1.82, 2.24) is 10.6 Å². The van der Waals surface area contributed by atoms with E-state index in [-0.39, 0.29) is 0 Å². The van der Waals surface area contributed by atoms with Gasteiger partial charge in [-0.05, 0) is 24.6 Å². The number of hydrogen-bond donors (Lipinski definition) is 3. The molecule has 0 aliphatic carbocycles. The van der Waals surface area contributed by atoms with Crippen molar-refractivity contribution < 1.29 is 14.4 Å². The molecule has 0 aliphatic rings. The standard InChI is InChI=1S/C12H14BrN3O3/c13-9-3-1-4-10(7-9)16-12(19)11(18)15-6-2-5-14-8-17/h1,3-4,7-8H,2,5-6H2,(H,14,17)(H,15,18)(H,16,19). The van der Waals surface area contributed by atoms with Gasteiger partial charge in [0.15, 0.2) is 0 Å². The highest BCUT2D eigenvalue weighted by molar-refractivity contribution is 9.10. The van der Waals surface area contributed by atoms with Crippen LogP contribution in [0.2, 0.25) is 0 Å². The van der Waals surface area contributed by atoms with Crippen molar-refractivity contribution in [3.05, 3.63) is 28.7 Å². The number of hydrogen-bond acceptors (Lipinski definition) is 3. The number of carbonyl (C=O) groups excluding carboxylic acids is 3. The third-order valence-electron chi connectivity index (χ3n) is 2.16. The summed E-state index contributed by atoms with van der Waals surface area (Å²) in [5.74, 6) is -1.42. The molecule has 0 aromatic heterocycles. The van der Waals surface area contributed by atoms with E-state index >= 15 is 0 Å². The number of rotatable bonds is 6. The van der Waals surface area contributed by atoms with Crippen molar-refractivity contribution in [3.63, 3.8) is 0 Å². The van der Waals surface area contributed by atoms with E-state index < -0.39 is 11.8 Å². The molecule has 1 rings (SSSR count). The normalized spacial score (nSPS) is 9.53. The highest BCUT2D eigenvalue weighted by Crippen LogP contribution is 2.15. The highest BCUT2D eigenvalue weighted by atomic mass is 79.9. The van der Waals surface area contributed by atoms with Gasteiger partial charge in [-0.25, -0.2) is 0 Å². The Morgan fingerprint density at radius 2 is 2.00 bits per heavy atom. The molecule has 0 saturated carbocycles. The van der Waals surface area contributed by atoms with Crippen molar-refractivity contribution in [2.75, 3.05) is 18.4 Å². The Kier molecular flexibility index (Phi) is 6.59. The topological polar surface area (TPSA) is 87.3 Å². The minimum atomic E-state index is -0.721. The van der Waals surface area contributed by atoms with Crippen LogP contribution in [0.5, 0.6) is 0 Å². The van der Waals surface area contributed by atoms with Gasteiger partial charge in [-0.2, -0.15) is 0 Å².